The molecule has 0 aliphatic carbocycles. The van der Waals surface area contributed by atoms with Gasteiger partial charge in [-0.25, -0.2) is 9.00 Å². The minimum atomic E-state index is -1.67. The number of benzene rings is 2. The van der Waals surface area contributed by atoms with Gasteiger partial charge in [-0.3, -0.25) is 4.79 Å². The predicted molar refractivity (Wildman–Crippen MR) is 105 cm³/mol. The molecule has 0 fully saturated rings. The summed E-state index contributed by atoms with van der Waals surface area (Å²) in [5.41, 5.74) is 0.811. The molecule has 2 rings (SSSR count). The van der Waals surface area contributed by atoms with Crippen molar-refractivity contribution in [3.63, 3.8) is 0 Å². The first-order valence-electron chi connectivity index (χ1n) is 5.82. The van der Waals surface area contributed by atoms with Crippen LogP contribution in [0.4, 0.5) is 0 Å². The van der Waals surface area contributed by atoms with Crippen molar-refractivity contribution in [2.24, 2.45) is 0 Å². The van der Waals surface area contributed by atoms with Gasteiger partial charge in [-0.1, -0.05) is 50.1 Å². The molecule has 0 aliphatic heterocycles. The maximum atomic E-state index is 10.5. The van der Waals surface area contributed by atoms with Crippen molar-refractivity contribution in [2.45, 2.75) is 0 Å². The fourth-order valence-electron chi connectivity index (χ4n) is 1.23. The van der Waals surface area contributed by atoms with E-state index in [9.17, 15) is 9.59 Å². The number of hydrogen-bond acceptors (Lipinski definition) is 3. The quantitative estimate of drug-likeness (QED) is 0.474. The van der Waals surface area contributed by atoms with Crippen molar-refractivity contribution in [1.29, 1.82) is 0 Å². The van der Waals surface area contributed by atoms with Crippen LogP contribution in [0.15, 0.2) is 57.5 Å². The molecule has 0 amide bonds. The van der Waals surface area contributed by atoms with Gasteiger partial charge in [-0.2, -0.15) is 0 Å². The molecule has 130 valence electrons. The fraction of sp³-hybridized carbons (Fsp3) is 0. The monoisotopic (exact) mass is 536 g/mol. The van der Waals surface area contributed by atoms with Gasteiger partial charge < -0.3 is 5.11 Å². The number of carboxylic acids is 1. The lowest BCUT2D eigenvalue weighted by Gasteiger charge is -1.92. The summed E-state index contributed by atoms with van der Waals surface area (Å²) in [7, 11) is 7.36. The Bertz CT molecular complexity index is 669. The highest BCUT2D eigenvalue weighted by atomic mass is 79.9. The molecular formula is C14H9Br2Cl3O4S. The van der Waals surface area contributed by atoms with E-state index in [1.54, 1.807) is 42.5 Å². The molecule has 0 aliphatic rings. The molecule has 1 N–H and O–H groups in total. The Labute approximate surface area is 171 Å². The van der Waals surface area contributed by atoms with Crippen molar-refractivity contribution in [2.75, 3.05) is 0 Å². The summed E-state index contributed by atoms with van der Waals surface area (Å²) in [5, 5.41) is 8.06. The second-order valence-corrected chi connectivity index (χ2v) is 8.48. The Hall–Kier alpha value is -0.440. The molecule has 0 bridgehead atoms. The van der Waals surface area contributed by atoms with Crippen LogP contribution < -0.4 is 0 Å². The zero-order valence-electron chi connectivity index (χ0n) is 11.6. The van der Waals surface area contributed by atoms with Crippen molar-refractivity contribution in [3.05, 3.63) is 68.6 Å². The normalized spacial score (nSPS) is 9.25. The Balaban J connectivity index is 0.000000363. The smallest absolute Gasteiger partial charge is 0.335 e. The van der Waals surface area contributed by atoms with Crippen molar-refractivity contribution >= 4 is 85.3 Å². The van der Waals surface area contributed by atoms with Crippen LogP contribution >= 0.6 is 64.8 Å². The van der Waals surface area contributed by atoms with E-state index < -0.39 is 20.4 Å². The lowest BCUT2D eigenvalue weighted by Crippen LogP contribution is -1.94. The van der Waals surface area contributed by atoms with Crippen LogP contribution in [0.3, 0.4) is 0 Å². The fourth-order valence-corrected chi connectivity index (χ4v) is 2.15. The highest BCUT2D eigenvalue weighted by Crippen LogP contribution is 2.13. The number of carbonyl (C=O) groups is 2. The molecule has 10 heteroatoms. The Morgan fingerprint density at radius 2 is 1.29 bits per heavy atom. The van der Waals surface area contributed by atoms with E-state index in [1.807, 2.05) is 6.07 Å². The topological polar surface area (TPSA) is 71.4 Å². The van der Waals surface area contributed by atoms with Gasteiger partial charge in [-0.15, -0.1) is 0 Å². The summed E-state index contributed by atoms with van der Waals surface area (Å²) in [5.74, 6) is -0.902. The molecule has 2 aromatic carbocycles. The van der Waals surface area contributed by atoms with Gasteiger partial charge in [-0.05, 0) is 41.9 Å². The molecule has 4 nitrogen and oxygen atoms in total. The van der Waals surface area contributed by atoms with Gasteiger partial charge in [0.2, 0.25) is 9.23 Å². The number of rotatable bonds is 2. The summed E-state index contributed by atoms with van der Waals surface area (Å²) in [6, 6.07) is 13.5. The Kier molecular flexibility index (Phi) is 12.6. The number of carbonyl (C=O) groups excluding carboxylic acids is 1. The first-order chi connectivity index (χ1) is 11.1. The van der Waals surface area contributed by atoms with Gasteiger partial charge in [0.25, 0.3) is 5.24 Å². The third kappa shape index (κ3) is 12.0. The second-order valence-electron chi connectivity index (χ2n) is 3.78. The van der Waals surface area contributed by atoms with Crippen LogP contribution in [-0.2, 0) is 9.23 Å². The van der Waals surface area contributed by atoms with Crippen LogP contribution in [0.25, 0.3) is 0 Å². The Morgan fingerprint density at radius 3 is 1.54 bits per heavy atom. The summed E-state index contributed by atoms with van der Waals surface area (Å²) in [6.45, 7) is 0. The molecule has 0 aromatic heterocycles. The van der Waals surface area contributed by atoms with Gasteiger partial charge in [0, 0.05) is 35.9 Å². The summed E-state index contributed by atoms with van der Waals surface area (Å²) < 4.78 is 10.7. The SMILES string of the molecule is O=C(Cl)c1cccc(Br)c1.O=C(O)c1cccc(Br)c1.O=S(Cl)Cl. The van der Waals surface area contributed by atoms with Crippen LogP contribution in [0.5, 0.6) is 0 Å². The zero-order chi connectivity index (χ0) is 18.7. The lowest BCUT2D eigenvalue weighted by atomic mass is 10.2. The molecule has 0 atom stereocenters. The Morgan fingerprint density at radius 1 is 0.917 bits per heavy atom. The summed E-state index contributed by atoms with van der Waals surface area (Å²) >= 11 is 11.6. The van der Waals surface area contributed by atoms with Crippen molar-refractivity contribution in [1.82, 2.24) is 0 Å². The first kappa shape index (κ1) is 23.6. The third-order valence-corrected chi connectivity index (χ3v) is 3.33. The summed E-state index contributed by atoms with van der Waals surface area (Å²) in [4.78, 5) is 20.9. The van der Waals surface area contributed by atoms with Crippen LogP contribution in [0.1, 0.15) is 20.7 Å². The molecule has 0 saturated heterocycles. The van der Waals surface area contributed by atoms with E-state index in [1.165, 1.54) is 0 Å². The number of halogens is 5. The van der Waals surface area contributed by atoms with Crippen molar-refractivity contribution in [3.8, 4) is 0 Å². The molecule has 0 saturated carbocycles. The minimum Gasteiger partial charge on any atom is -0.478 e. The van der Waals surface area contributed by atoms with E-state index in [-0.39, 0.29) is 0 Å². The minimum absolute atomic E-state index is 0.300. The van der Waals surface area contributed by atoms with Crippen LogP contribution in [0, 0.1) is 0 Å². The first-order valence-corrected chi connectivity index (χ1v) is 10.6. The number of carboxylic acid groups (broad SMARTS) is 1. The van der Waals surface area contributed by atoms with E-state index in [2.05, 4.69) is 53.2 Å². The van der Waals surface area contributed by atoms with Gasteiger partial charge in [0.15, 0.2) is 0 Å². The maximum absolute atomic E-state index is 10.5. The molecule has 0 radical (unpaired) electrons. The third-order valence-electron chi connectivity index (χ3n) is 2.12. The average Bonchev–Trinajstić information content (AvgIpc) is 2.47. The summed E-state index contributed by atoms with van der Waals surface area (Å²) in [6.07, 6.45) is 0. The van der Waals surface area contributed by atoms with E-state index in [4.69, 9.17) is 20.9 Å². The molecule has 0 heterocycles. The maximum Gasteiger partial charge on any atom is 0.335 e. The zero-order valence-corrected chi connectivity index (χ0v) is 17.8. The largest absolute Gasteiger partial charge is 0.478 e. The molecular weight excluding hydrogens is 530 g/mol. The highest BCUT2D eigenvalue weighted by Gasteiger charge is 2.00. The average molecular weight is 539 g/mol. The molecule has 0 spiro atoms. The van der Waals surface area contributed by atoms with Gasteiger partial charge in [0.05, 0.1) is 5.56 Å². The molecule has 0 unspecified atom stereocenters. The number of hydrogen-bond donors (Lipinski definition) is 1. The van der Waals surface area contributed by atoms with Crippen molar-refractivity contribution < 1.29 is 18.9 Å². The molecule has 24 heavy (non-hydrogen) atoms. The van der Waals surface area contributed by atoms with Crippen LogP contribution in [0.2, 0.25) is 0 Å². The van der Waals surface area contributed by atoms with E-state index >= 15 is 0 Å². The van der Waals surface area contributed by atoms with Crippen LogP contribution in [-0.4, -0.2) is 20.5 Å². The number of aromatic carboxylic acids is 1. The standard InChI is InChI=1S/C7H4BrClO.C7H5BrO2.Cl2OS/c2*8-6-3-1-2-5(4-6)7(9)10;1-4(2)3/h1-4H;1-4H,(H,9,10);. The van der Waals surface area contributed by atoms with Gasteiger partial charge in [0.1, 0.15) is 0 Å². The van der Waals surface area contributed by atoms with Gasteiger partial charge >= 0.3 is 5.97 Å². The van der Waals surface area contributed by atoms with E-state index in [0.29, 0.717) is 11.1 Å². The highest BCUT2D eigenvalue weighted by molar-refractivity contribution is 9.10. The lowest BCUT2D eigenvalue weighted by molar-refractivity contribution is 0.0696. The molecule has 2 aromatic rings. The predicted octanol–water partition coefficient (Wildman–Crippen LogP) is 6.02. The van der Waals surface area contributed by atoms with E-state index in [0.717, 1.165) is 8.95 Å². The second kappa shape index (κ2) is 12.9.